The number of ether oxygens (including phenoxy) is 2. The standard InChI is InChI=1S/C35H49FN2O6S/c1-6-33(4)17-27(34(5)21(2)11-13-35(22(3)31(33)41)14-12-26(39)30(34)35)44-28(40)20-45-19-25-18-38(15-16-43-25)32(42)29(37)23-7-9-24(36)10-8-23/h6-10,21-22,25,27,29-31,41H,1,11-20,37H2,2-5H3/t21?,22-,25?,27+,29+,30?,31-,33+,34-,35-/m0/s1. The fraction of sp³-hybridized carbons (Fsp3) is 0.686. The van der Waals surface area contributed by atoms with Gasteiger partial charge in [-0.05, 0) is 60.6 Å². The van der Waals surface area contributed by atoms with Crippen LogP contribution in [-0.4, -0.2) is 77.2 Å². The molecule has 5 rings (SSSR count). The summed E-state index contributed by atoms with van der Waals surface area (Å²) in [7, 11) is 0. The van der Waals surface area contributed by atoms with Gasteiger partial charge in [0.15, 0.2) is 0 Å². The Morgan fingerprint density at radius 1 is 1.27 bits per heavy atom. The van der Waals surface area contributed by atoms with Crippen molar-refractivity contribution in [3.63, 3.8) is 0 Å². The number of ketones is 1. The van der Waals surface area contributed by atoms with E-state index in [0.29, 0.717) is 43.9 Å². The van der Waals surface area contributed by atoms with Crippen LogP contribution in [0.15, 0.2) is 36.9 Å². The van der Waals surface area contributed by atoms with Crippen LogP contribution in [0.25, 0.3) is 0 Å². The van der Waals surface area contributed by atoms with E-state index >= 15 is 0 Å². The lowest BCUT2D eigenvalue weighted by Crippen LogP contribution is -2.63. The number of nitrogens with two attached hydrogens (primary N) is 1. The van der Waals surface area contributed by atoms with Crippen molar-refractivity contribution in [3.05, 3.63) is 48.3 Å². The number of carbonyl (C=O) groups excluding carboxylic acids is 3. The topological polar surface area (TPSA) is 119 Å². The molecule has 1 saturated heterocycles. The Bertz CT molecular complexity index is 1300. The van der Waals surface area contributed by atoms with Gasteiger partial charge >= 0.3 is 5.97 Å². The third kappa shape index (κ3) is 6.12. The monoisotopic (exact) mass is 644 g/mol. The van der Waals surface area contributed by atoms with Gasteiger partial charge in [-0.2, -0.15) is 0 Å². The second-order valence-corrected chi connectivity index (χ2v) is 15.4. The summed E-state index contributed by atoms with van der Waals surface area (Å²) in [6.07, 6.45) is 3.73. The average Bonchev–Trinajstić information content (AvgIpc) is 3.39. The molecule has 10 atom stereocenters. The van der Waals surface area contributed by atoms with Gasteiger partial charge in [-0.15, -0.1) is 18.3 Å². The Balaban J connectivity index is 1.24. The smallest absolute Gasteiger partial charge is 0.316 e. The minimum absolute atomic E-state index is 0.0804. The minimum atomic E-state index is -0.896. The molecular weight excluding hydrogens is 595 g/mol. The van der Waals surface area contributed by atoms with Crippen molar-refractivity contribution < 1.29 is 33.4 Å². The Kier molecular flexibility index (Phi) is 9.91. The SMILES string of the molecule is C=C[C@]1(C)C[C@@H](OC(=O)CSCC2CN(C(=O)[C@H](N)c3ccc(F)cc3)CCO2)[C@]2(C)C(C)CC[C@]3(CCC(=O)C32)[C@@H](C)[C@@H]1O. The molecule has 1 aliphatic heterocycles. The van der Waals surface area contributed by atoms with E-state index in [0.717, 1.165) is 19.3 Å². The number of hydrogen-bond acceptors (Lipinski definition) is 8. The molecule has 248 valence electrons. The van der Waals surface area contributed by atoms with Gasteiger partial charge in [-0.25, -0.2) is 4.39 Å². The summed E-state index contributed by atoms with van der Waals surface area (Å²) >= 11 is 1.39. The van der Waals surface area contributed by atoms with Crippen LogP contribution in [0.5, 0.6) is 0 Å². The van der Waals surface area contributed by atoms with Gasteiger partial charge in [0.1, 0.15) is 23.7 Å². The van der Waals surface area contributed by atoms with Crippen molar-refractivity contribution in [1.29, 1.82) is 0 Å². The number of amides is 1. The maximum Gasteiger partial charge on any atom is 0.316 e. The van der Waals surface area contributed by atoms with Crippen LogP contribution < -0.4 is 5.73 Å². The van der Waals surface area contributed by atoms with E-state index in [2.05, 4.69) is 27.4 Å². The van der Waals surface area contributed by atoms with Gasteiger partial charge in [0, 0.05) is 42.0 Å². The first-order chi connectivity index (χ1) is 21.3. The number of halogens is 1. The molecule has 3 saturated carbocycles. The number of benzene rings is 1. The van der Waals surface area contributed by atoms with Crippen molar-refractivity contribution in [2.75, 3.05) is 31.2 Å². The second-order valence-electron chi connectivity index (χ2n) is 14.4. The largest absolute Gasteiger partial charge is 0.461 e. The van der Waals surface area contributed by atoms with Gasteiger partial charge in [0.2, 0.25) is 5.91 Å². The molecule has 3 unspecified atom stereocenters. The zero-order valence-electron chi connectivity index (χ0n) is 27.0. The fourth-order valence-corrected chi connectivity index (χ4v) is 9.81. The molecule has 8 nitrogen and oxygen atoms in total. The third-order valence-electron chi connectivity index (χ3n) is 12.0. The van der Waals surface area contributed by atoms with Crippen molar-refractivity contribution in [2.24, 2.45) is 39.7 Å². The van der Waals surface area contributed by atoms with E-state index in [1.807, 2.05) is 6.92 Å². The molecule has 10 heteroatoms. The van der Waals surface area contributed by atoms with E-state index in [-0.39, 0.29) is 58.5 Å². The predicted molar refractivity (Wildman–Crippen MR) is 172 cm³/mol. The molecule has 2 bridgehead atoms. The molecule has 1 amide bonds. The number of aliphatic hydroxyl groups excluding tert-OH is 1. The van der Waals surface area contributed by atoms with Crippen LogP contribution in [-0.2, 0) is 23.9 Å². The van der Waals surface area contributed by atoms with Gasteiger partial charge in [0.25, 0.3) is 0 Å². The summed E-state index contributed by atoms with van der Waals surface area (Å²) in [4.78, 5) is 41.8. The van der Waals surface area contributed by atoms with Crippen LogP contribution in [0.3, 0.4) is 0 Å². The molecule has 3 N–H and O–H groups in total. The maximum atomic E-state index is 13.6. The van der Waals surface area contributed by atoms with Crippen molar-refractivity contribution in [2.45, 2.75) is 84.2 Å². The van der Waals surface area contributed by atoms with E-state index in [9.17, 15) is 23.9 Å². The Hall–Kier alpha value is -2.27. The number of esters is 1. The molecule has 3 aliphatic carbocycles. The van der Waals surface area contributed by atoms with Crippen molar-refractivity contribution in [3.8, 4) is 0 Å². The number of hydrogen-bond donors (Lipinski definition) is 2. The number of morpholine rings is 1. The molecule has 1 heterocycles. The van der Waals surface area contributed by atoms with E-state index in [1.54, 1.807) is 11.0 Å². The van der Waals surface area contributed by atoms with Gasteiger partial charge < -0.3 is 25.2 Å². The lowest BCUT2D eigenvalue weighted by molar-refractivity contribution is -0.205. The number of nitrogens with zero attached hydrogens (tertiary/aromatic N) is 1. The summed E-state index contributed by atoms with van der Waals surface area (Å²) in [5.41, 5.74) is 5.19. The van der Waals surface area contributed by atoms with Crippen LogP contribution in [0.2, 0.25) is 0 Å². The number of rotatable bonds is 8. The number of thioether (sulfide) groups is 1. The molecule has 1 aromatic rings. The highest BCUT2D eigenvalue weighted by Crippen LogP contribution is 2.68. The number of Topliss-reactive ketones (excluding diaryl/α,β-unsaturated/α-hetero) is 1. The first-order valence-electron chi connectivity index (χ1n) is 16.3. The van der Waals surface area contributed by atoms with E-state index in [1.165, 1.54) is 36.0 Å². The zero-order chi connectivity index (χ0) is 32.7. The zero-order valence-corrected chi connectivity index (χ0v) is 27.8. The highest BCUT2D eigenvalue weighted by Gasteiger charge is 2.68. The van der Waals surface area contributed by atoms with Crippen molar-refractivity contribution in [1.82, 2.24) is 4.90 Å². The summed E-state index contributed by atoms with van der Waals surface area (Å²) < 4.78 is 25.6. The van der Waals surface area contributed by atoms with Gasteiger partial charge in [-0.1, -0.05) is 45.9 Å². The summed E-state index contributed by atoms with van der Waals surface area (Å²) in [5, 5.41) is 11.7. The normalized spacial score (nSPS) is 38.9. The lowest BCUT2D eigenvalue weighted by atomic mass is 9.44. The first-order valence-corrected chi connectivity index (χ1v) is 17.5. The van der Waals surface area contributed by atoms with Gasteiger partial charge in [-0.3, -0.25) is 14.4 Å². The number of carbonyl (C=O) groups is 3. The molecule has 0 aromatic heterocycles. The van der Waals surface area contributed by atoms with Crippen LogP contribution in [0.1, 0.15) is 71.4 Å². The Labute approximate surface area is 270 Å². The van der Waals surface area contributed by atoms with Crippen LogP contribution in [0, 0.1) is 39.8 Å². The maximum absolute atomic E-state index is 13.6. The Morgan fingerprint density at radius 2 is 1.98 bits per heavy atom. The molecule has 45 heavy (non-hydrogen) atoms. The highest BCUT2D eigenvalue weighted by molar-refractivity contribution is 7.99. The molecule has 4 fully saturated rings. The Morgan fingerprint density at radius 3 is 2.67 bits per heavy atom. The van der Waals surface area contributed by atoms with Crippen molar-refractivity contribution >= 4 is 29.4 Å². The van der Waals surface area contributed by atoms with Crippen LogP contribution in [0.4, 0.5) is 4.39 Å². The lowest BCUT2D eigenvalue weighted by Gasteiger charge is -2.61. The third-order valence-corrected chi connectivity index (χ3v) is 13.1. The first kappa shape index (κ1) is 34.1. The summed E-state index contributed by atoms with van der Waals surface area (Å²) in [5.74, 6) is -0.380. The van der Waals surface area contributed by atoms with Crippen LogP contribution >= 0.6 is 11.8 Å². The average molecular weight is 645 g/mol. The summed E-state index contributed by atoms with van der Waals surface area (Å²) in [6.45, 7) is 13.6. The van der Waals surface area contributed by atoms with E-state index < -0.39 is 29.1 Å². The summed E-state index contributed by atoms with van der Waals surface area (Å²) in [6, 6.07) is 4.71. The minimum Gasteiger partial charge on any atom is -0.461 e. The second kappa shape index (κ2) is 13.1. The molecular formula is C35H49FN2O6S. The predicted octanol–water partition coefficient (Wildman–Crippen LogP) is 4.69. The molecule has 0 radical (unpaired) electrons. The molecule has 4 aliphatic rings. The molecule has 0 spiro atoms. The highest BCUT2D eigenvalue weighted by atomic mass is 32.2. The van der Waals surface area contributed by atoms with E-state index in [4.69, 9.17) is 15.2 Å². The quantitative estimate of drug-likeness (QED) is 0.309. The fourth-order valence-electron chi connectivity index (χ4n) is 9.00. The van der Waals surface area contributed by atoms with Gasteiger partial charge in [0.05, 0.1) is 24.6 Å². The molecule has 1 aromatic carbocycles. The number of aliphatic hydroxyl groups is 1.